The number of fused-ring (bicyclic) bond motifs is 1. The van der Waals surface area contributed by atoms with Gasteiger partial charge in [0, 0.05) is 6.54 Å². The third-order valence-electron chi connectivity index (χ3n) is 2.13. The quantitative estimate of drug-likeness (QED) is 0.724. The number of hydrogen-bond acceptors (Lipinski definition) is 4. The van der Waals surface area contributed by atoms with E-state index in [1.807, 2.05) is 25.2 Å². The molecule has 1 aliphatic rings. The van der Waals surface area contributed by atoms with Crippen LogP contribution >= 0.6 is 0 Å². The molecule has 1 aromatic rings. The van der Waals surface area contributed by atoms with Crippen LogP contribution in [0.25, 0.3) is 0 Å². The highest BCUT2D eigenvalue weighted by Crippen LogP contribution is 2.32. The van der Waals surface area contributed by atoms with Crippen molar-refractivity contribution in [3.63, 3.8) is 0 Å². The summed E-state index contributed by atoms with van der Waals surface area (Å²) in [5, 5.41) is 8.86. The second-order valence-electron chi connectivity index (χ2n) is 3.34. The number of ether oxygens (including phenoxy) is 2. The van der Waals surface area contributed by atoms with E-state index in [2.05, 4.69) is 0 Å². The zero-order chi connectivity index (χ0) is 9.97. The molecule has 14 heavy (non-hydrogen) atoms. The van der Waals surface area contributed by atoms with E-state index in [-0.39, 0.29) is 6.73 Å². The lowest BCUT2D eigenvalue weighted by molar-refractivity contribution is 0.127. The Balaban J connectivity index is 2.12. The van der Waals surface area contributed by atoms with E-state index >= 15 is 0 Å². The van der Waals surface area contributed by atoms with Gasteiger partial charge in [-0.2, -0.15) is 0 Å². The Morgan fingerprint density at radius 3 is 2.93 bits per heavy atom. The van der Waals surface area contributed by atoms with Crippen LogP contribution in [0.4, 0.5) is 0 Å². The predicted octanol–water partition coefficient (Wildman–Crippen LogP) is 0.797. The van der Waals surface area contributed by atoms with E-state index in [1.165, 1.54) is 0 Å². The molecule has 1 heterocycles. The van der Waals surface area contributed by atoms with E-state index in [0.717, 1.165) is 17.1 Å². The van der Waals surface area contributed by atoms with Crippen molar-refractivity contribution in [2.45, 2.75) is 6.54 Å². The van der Waals surface area contributed by atoms with Crippen LogP contribution < -0.4 is 9.47 Å². The van der Waals surface area contributed by atoms with Gasteiger partial charge in [0.1, 0.15) is 0 Å². The molecule has 4 heteroatoms. The summed E-state index contributed by atoms with van der Waals surface area (Å²) in [5.41, 5.74) is 1.10. The van der Waals surface area contributed by atoms with Crippen LogP contribution in [0.15, 0.2) is 18.2 Å². The Morgan fingerprint density at radius 1 is 1.36 bits per heavy atom. The minimum absolute atomic E-state index is 0.0500. The molecule has 0 amide bonds. The number of aliphatic hydroxyl groups excluding tert-OH is 1. The minimum atomic E-state index is 0.0500. The average Bonchev–Trinajstić information content (AvgIpc) is 2.64. The fraction of sp³-hybridized carbons (Fsp3) is 0.400. The van der Waals surface area contributed by atoms with Crippen LogP contribution in [0.1, 0.15) is 5.56 Å². The normalized spacial score (nSPS) is 13.6. The topological polar surface area (TPSA) is 41.9 Å². The summed E-state index contributed by atoms with van der Waals surface area (Å²) in [6.45, 7) is 1.05. The Morgan fingerprint density at radius 2 is 2.14 bits per heavy atom. The molecule has 0 aliphatic carbocycles. The van der Waals surface area contributed by atoms with Crippen molar-refractivity contribution in [2.75, 3.05) is 20.6 Å². The number of aliphatic hydroxyl groups is 1. The van der Waals surface area contributed by atoms with Crippen molar-refractivity contribution in [1.29, 1.82) is 0 Å². The number of nitrogens with zero attached hydrogens (tertiary/aromatic N) is 1. The summed E-state index contributed by atoms with van der Waals surface area (Å²) in [6.07, 6.45) is 0. The Hall–Kier alpha value is -1.26. The van der Waals surface area contributed by atoms with Crippen molar-refractivity contribution in [3.8, 4) is 11.5 Å². The molecule has 0 bridgehead atoms. The molecule has 1 N–H and O–H groups in total. The van der Waals surface area contributed by atoms with Gasteiger partial charge in [0.15, 0.2) is 11.5 Å². The van der Waals surface area contributed by atoms with Crippen molar-refractivity contribution >= 4 is 0 Å². The third kappa shape index (κ3) is 1.81. The Labute approximate surface area is 82.7 Å². The molecule has 0 aromatic heterocycles. The molecule has 1 aliphatic heterocycles. The largest absolute Gasteiger partial charge is 0.454 e. The molecule has 0 radical (unpaired) electrons. The molecule has 4 nitrogen and oxygen atoms in total. The molecule has 76 valence electrons. The van der Waals surface area contributed by atoms with E-state index in [4.69, 9.17) is 14.6 Å². The molecule has 0 spiro atoms. The second kappa shape index (κ2) is 3.86. The van der Waals surface area contributed by atoms with Crippen LogP contribution in [0.2, 0.25) is 0 Å². The van der Waals surface area contributed by atoms with Crippen molar-refractivity contribution in [1.82, 2.24) is 4.90 Å². The molecule has 0 fully saturated rings. The summed E-state index contributed by atoms with van der Waals surface area (Å²) < 4.78 is 10.5. The van der Waals surface area contributed by atoms with Gasteiger partial charge in [-0.3, -0.25) is 4.90 Å². The molecule has 0 atom stereocenters. The van der Waals surface area contributed by atoms with Crippen molar-refractivity contribution in [3.05, 3.63) is 23.8 Å². The first-order valence-corrected chi connectivity index (χ1v) is 4.47. The first-order valence-electron chi connectivity index (χ1n) is 4.47. The van der Waals surface area contributed by atoms with Crippen LogP contribution in [0.3, 0.4) is 0 Å². The van der Waals surface area contributed by atoms with E-state index in [0.29, 0.717) is 13.3 Å². The fourth-order valence-electron chi connectivity index (χ4n) is 1.40. The highest BCUT2D eigenvalue weighted by atomic mass is 16.7. The zero-order valence-electron chi connectivity index (χ0n) is 8.06. The second-order valence-corrected chi connectivity index (χ2v) is 3.34. The van der Waals surface area contributed by atoms with Gasteiger partial charge in [0.2, 0.25) is 6.79 Å². The van der Waals surface area contributed by atoms with Gasteiger partial charge < -0.3 is 14.6 Å². The lowest BCUT2D eigenvalue weighted by Crippen LogP contribution is -2.18. The number of rotatable bonds is 3. The molecule has 0 saturated heterocycles. The predicted molar refractivity (Wildman–Crippen MR) is 51.1 cm³/mol. The molecular formula is C10H13NO3. The third-order valence-corrected chi connectivity index (χ3v) is 2.13. The molecule has 0 saturated carbocycles. The molecular weight excluding hydrogens is 182 g/mol. The smallest absolute Gasteiger partial charge is 0.231 e. The first kappa shape index (κ1) is 9.30. The lowest BCUT2D eigenvalue weighted by Gasteiger charge is -2.12. The molecule has 1 aromatic carbocycles. The summed E-state index contributed by atoms with van der Waals surface area (Å²) in [5.74, 6) is 1.58. The maximum absolute atomic E-state index is 8.86. The van der Waals surface area contributed by atoms with Gasteiger partial charge in [-0.1, -0.05) is 6.07 Å². The monoisotopic (exact) mass is 195 g/mol. The fourth-order valence-corrected chi connectivity index (χ4v) is 1.40. The highest BCUT2D eigenvalue weighted by Gasteiger charge is 2.13. The maximum atomic E-state index is 8.86. The van der Waals surface area contributed by atoms with Gasteiger partial charge in [0.25, 0.3) is 0 Å². The first-order chi connectivity index (χ1) is 6.79. The standard InChI is InChI=1S/C10H13NO3/c1-11(6-12)5-8-2-3-9-10(4-8)14-7-13-9/h2-4,12H,5-7H2,1H3. The highest BCUT2D eigenvalue weighted by molar-refractivity contribution is 5.44. The van der Waals surface area contributed by atoms with Crippen LogP contribution in [-0.4, -0.2) is 30.6 Å². The molecule has 2 rings (SSSR count). The van der Waals surface area contributed by atoms with Gasteiger partial charge >= 0.3 is 0 Å². The van der Waals surface area contributed by atoms with Crippen molar-refractivity contribution in [2.24, 2.45) is 0 Å². The zero-order valence-corrected chi connectivity index (χ0v) is 8.06. The molecule has 0 unspecified atom stereocenters. The Bertz CT molecular complexity index is 327. The van der Waals surface area contributed by atoms with Gasteiger partial charge in [-0.15, -0.1) is 0 Å². The summed E-state index contributed by atoms with van der Waals surface area (Å²) in [6, 6.07) is 5.80. The van der Waals surface area contributed by atoms with Crippen LogP contribution in [-0.2, 0) is 6.54 Å². The maximum Gasteiger partial charge on any atom is 0.231 e. The van der Waals surface area contributed by atoms with Crippen LogP contribution in [0.5, 0.6) is 11.5 Å². The van der Waals surface area contributed by atoms with Crippen molar-refractivity contribution < 1.29 is 14.6 Å². The lowest BCUT2D eigenvalue weighted by atomic mass is 10.2. The van der Waals surface area contributed by atoms with Crippen LogP contribution in [0, 0.1) is 0 Å². The Kier molecular flexibility index (Phi) is 2.56. The van der Waals surface area contributed by atoms with Gasteiger partial charge in [-0.25, -0.2) is 0 Å². The SMILES string of the molecule is CN(CO)Cc1ccc2c(c1)OCO2. The number of benzene rings is 1. The summed E-state index contributed by atoms with van der Waals surface area (Å²) in [7, 11) is 1.85. The number of hydrogen-bond donors (Lipinski definition) is 1. The summed E-state index contributed by atoms with van der Waals surface area (Å²) in [4.78, 5) is 1.80. The minimum Gasteiger partial charge on any atom is -0.454 e. The van der Waals surface area contributed by atoms with Gasteiger partial charge in [0.05, 0.1) is 6.73 Å². The average molecular weight is 195 g/mol. The summed E-state index contributed by atoms with van der Waals surface area (Å²) >= 11 is 0. The van der Waals surface area contributed by atoms with E-state index in [9.17, 15) is 0 Å². The van der Waals surface area contributed by atoms with E-state index in [1.54, 1.807) is 4.90 Å². The van der Waals surface area contributed by atoms with Gasteiger partial charge in [-0.05, 0) is 24.7 Å². The van der Waals surface area contributed by atoms with E-state index < -0.39 is 0 Å².